The zero-order chi connectivity index (χ0) is 9.97. The molecule has 1 N–H and O–H groups in total. The molecule has 2 heterocycles. The van der Waals surface area contributed by atoms with E-state index >= 15 is 0 Å². The minimum atomic E-state index is -0.0880. The second-order valence-electron chi connectivity index (χ2n) is 2.96. The summed E-state index contributed by atoms with van der Waals surface area (Å²) in [7, 11) is 0. The minimum Gasteiger partial charge on any atom is -0.461 e. The number of hydrogen-bond acceptors (Lipinski definition) is 4. The number of furan rings is 1. The molecule has 4 heteroatoms. The summed E-state index contributed by atoms with van der Waals surface area (Å²) in [5.41, 5.74) is 1.57. The van der Waals surface area contributed by atoms with Crippen LogP contribution in [0.5, 0.6) is 0 Å². The minimum absolute atomic E-state index is 0.0880. The van der Waals surface area contributed by atoms with Gasteiger partial charge in [-0.1, -0.05) is 0 Å². The van der Waals surface area contributed by atoms with E-state index in [2.05, 4.69) is 9.97 Å². The molecule has 2 aromatic heterocycles. The third-order valence-corrected chi connectivity index (χ3v) is 1.94. The third kappa shape index (κ3) is 1.52. The fraction of sp³-hybridized carbons (Fsp3) is 0.200. The highest BCUT2D eigenvalue weighted by Gasteiger charge is 2.08. The van der Waals surface area contributed by atoms with Crippen molar-refractivity contribution in [2.75, 3.05) is 0 Å². The molecule has 0 radical (unpaired) electrons. The van der Waals surface area contributed by atoms with Crippen LogP contribution in [0, 0.1) is 6.92 Å². The summed E-state index contributed by atoms with van der Waals surface area (Å²) in [5, 5.41) is 8.91. The number of aromatic nitrogens is 2. The van der Waals surface area contributed by atoms with Crippen LogP contribution < -0.4 is 0 Å². The van der Waals surface area contributed by atoms with E-state index in [9.17, 15) is 0 Å². The molecule has 0 saturated carbocycles. The van der Waals surface area contributed by atoms with Gasteiger partial charge in [0.25, 0.3) is 0 Å². The van der Waals surface area contributed by atoms with Crippen molar-refractivity contribution in [1.29, 1.82) is 0 Å². The number of aryl methyl sites for hydroxylation is 1. The van der Waals surface area contributed by atoms with Gasteiger partial charge in [-0.2, -0.15) is 0 Å². The summed E-state index contributed by atoms with van der Waals surface area (Å²) in [4.78, 5) is 8.21. The van der Waals surface area contributed by atoms with Crippen LogP contribution in [0.15, 0.2) is 29.0 Å². The van der Waals surface area contributed by atoms with Crippen LogP contribution in [0.1, 0.15) is 11.3 Å². The van der Waals surface area contributed by atoms with Crippen LogP contribution in [0.4, 0.5) is 0 Å². The van der Waals surface area contributed by atoms with Gasteiger partial charge in [-0.15, -0.1) is 0 Å². The summed E-state index contributed by atoms with van der Waals surface area (Å²) >= 11 is 0. The van der Waals surface area contributed by atoms with Gasteiger partial charge in [-0.3, -0.25) is 0 Å². The van der Waals surface area contributed by atoms with Crippen molar-refractivity contribution in [2.45, 2.75) is 13.5 Å². The summed E-state index contributed by atoms with van der Waals surface area (Å²) in [6, 6.07) is 3.52. The highest BCUT2D eigenvalue weighted by molar-refractivity contribution is 5.51. The Morgan fingerprint density at radius 1 is 1.43 bits per heavy atom. The van der Waals surface area contributed by atoms with Crippen molar-refractivity contribution < 1.29 is 9.52 Å². The molecule has 14 heavy (non-hydrogen) atoms. The van der Waals surface area contributed by atoms with Gasteiger partial charge in [0, 0.05) is 6.20 Å². The summed E-state index contributed by atoms with van der Waals surface area (Å²) < 4.78 is 5.24. The molecule has 0 aliphatic carbocycles. The van der Waals surface area contributed by atoms with Gasteiger partial charge in [0.15, 0.2) is 11.6 Å². The molecule has 0 aliphatic heterocycles. The molecule has 0 unspecified atom stereocenters. The highest BCUT2D eigenvalue weighted by Crippen LogP contribution is 2.20. The van der Waals surface area contributed by atoms with Crippen LogP contribution in [0.25, 0.3) is 11.6 Å². The molecule has 72 valence electrons. The molecule has 0 fully saturated rings. The van der Waals surface area contributed by atoms with E-state index in [1.807, 2.05) is 13.0 Å². The summed E-state index contributed by atoms with van der Waals surface area (Å²) in [6.45, 7) is 1.84. The van der Waals surface area contributed by atoms with E-state index < -0.39 is 0 Å². The van der Waals surface area contributed by atoms with Gasteiger partial charge >= 0.3 is 0 Å². The van der Waals surface area contributed by atoms with E-state index in [0.717, 1.165) is 5.56 Å². The first kappa shape index (κ1) is 8.90. The number of rotatable bonds is 2. The molecule has 4 nitrogen and oxygen atoms in total. The fourth-order valence-corrected chi connectivity index (χ4v) is 1.20. The smallest absolute Gasteiger partial charge is 0.196 e. The third-order valence-electron chi connectivity index (χ3n) is 1.94. The molecule has 0 aromatic carbocycles. The lowest BCUT2D eigenvalue weighted by atomic mass is 10.2. The second kappa shape index (κ2) is 3.59. The van der Waals surface area contributed by atoms with Crippen molar-refractivity contribution >= 4 is 0 Å². The lowest BCUT2D eigenvalue weighted by Gasteiger charge is -1.99. The number of aliphatic hydroxyl groups excluding tert-OH is 1. The first-order valence-electron chi connectivity index (χ1n) is 4.28. The number of hydrogen-bond donors (Lipinski definition) is 1. The van der Waals surface area contributed by atoms with Crippen molar-refractivity contribution in [2.24, 2.45) is 0 Å². The maximum Gasteiger partial charge on any atom is 0.196 e. The van der Waals surface area contributed by atoms with Gasteiger partial charge in [0.1, 0.15) is 0 Å². The lowest BCUT2D eigenvalue weighted by molar-refractivity contribution is 0.276. The quantitative estimate of drug-likeness (QED) is 0.780. The Kier molecular flexibility index (Phi) is 2.28. The van der Waals surface area contributed by atoms with Gasteiger partial charge in [0.2, 0.25) is 0 Å². The van der Waals surface area contributed by atoms with E-state index in [0.29, 0.717) is 17.3 Å². The Balaban J connectivity index is 2.47. The molecule has 0 aliphatic rings. The largest absolute Gasteiger partial charge is 0.461 e. The average molecular weight is 190 g/mol. The van der Waals surface area contributed by atoms with Crippen LogP contribution in [0.3, 0.4) is 0 Å². The lowest BCUT2D eigenvalue weighted by Crippen LogP contribution is -1.94. The molecule has 0 saturated heterocycles. The molecule has 0 spiro atoms. The molecule has 0 amide bonds. The predicted molar refractivity (Wildman–Crippen MR) is 50.4 cm³/mol. The average Bonchev–Trinajstić information content (AvgIpc) is 2.65. The molecule has 0 bridgehead atoms. The Bertz CT molecular complexity index is 437. The van der Waals surface area contributed by atoms with E-state index in [1.54, 1.807) is 18.5 Å². The van der Waals surface area contributed by atoms with Crippen molar-refractivity contribution in [3.05, 3.63) is 35.9 Å². The zero-order valence-electron chi connectivity index (χ0n) is 7.77. The Morgan fingerprint density at radius 3 is 2.93 bits per heavy atom. The zero-order valence-corrected chi connectivity index (χ0v) is 7.77. The topological polar surface area (TPSA) is 59.2 Å². The first-order valence-corrected chi connectivity index (χ1v) is 4.28. The summed E-state index contributed by atoms with van der Waals surface area (Å²) in [5.74, 6) is 1.17. The van der Waals surface area contributed by atoms with Gasteiger partial charge in [0.05, 0.1) is 18.6 Å². The molecular formula is C10H10N2O2. The monoisotopic (exact) mass is 190 g/mol. The molecule has 2 rings (SSSR count). The number of aliphatic hydroxyl groups is 1. The Morgan fingerprint density at radius 2 is 2.29 bits per heavy atom. The van der Waals surface area contributed by atoms with Gasteiger partial charge < -0.3 is 9.52 Å². The van der Waals surface area contributed by atoms with Gasteiger partial charge in [-0.25, -0.2) is 9.97 Å². The molecule has 0 atom stereocenters. The highest BCUT2D eigenvalue weighted by atomic mass is 16.3. The Labute approximate surface area is 81.2 Å². The number of nitrogens with zero attached hydrogens (tertiary/aromatic N) is 2. The SMILES string of the molecule is Cc1ccoc1-c1nccc(CO)n1. The van der Waals surface area contributed by atoms with Crippen LogP contribution in [-0.2, 0) is 6.61 Å². The van der Waals surface area contributed by atoms with E-state index in [4.69, 9.17) is 9.52 Å². The molecular weight excluding hydrogens is 180 g/mol. The summed E-state index contributed by atoms with van der Waals surface area (Å²) in [6.07, 6.45) is 3.20. The second-order valence-corrected chi connectivity index (χ2v) is 2.96. The van der Waals surface area contributed by atoms with Crippen molar-refractivity contribution in [3.8, 4) is 11.6 Å². The van der Waals surface area contributed by atoms with E-state index in [-0.39, 0.29) is 6.61 Å². The normalized spacial score (nSPS) is 10.4. The fourth-order valence-electron chi connectivity index (χ4n) is 1.20. The maximum atomic E-state index is 8.91. The van der Waals surface area contributed by atoms with E-state index in [1.165, 1.54) is 0 Å². The maximum absolute atomic E-state index is 8.91. The van der Waals surface area contributed by atoms with Crippen molar-refractivity contribution in [3.63, 3.8) is 0 Å². The first-order chi connectivity index (χ1) is 6.81. The molecule has 2 aromatic rings. The standard InChI is InChI=1S/C10H10N2O2/c1-7-3-5-14-9(7)10-11-4-2-8(6-13)12-10/h2-5,13H,6H2,1H3. The van der Waals surface area contributed by atoms with Crippen molar-refractivity contribution in [1.82, 2.24) is 9.97 Å². The van der Waals surface area contributed by atoms with Crippen LogP contribution in [0.2, 0.25) is 0 Å². The Hall–Kier alpha value is -1.68. The van der Waals surface area contributed by atoms with Crippen LogP contribution in [-0.4, -0.2) is 15.1 Å². The van der Waals surface area contributed by atoms with Gasteiger partial charge in [-0.05, 0) is 24.6 Å². The van der Waals surface area contributed by atoms with Crippen LogP contribution >= 0.6 is 0 Å². The predicted octanol–water partition coefficient (Wildman–Crippen LogP) is 1.54.